The molecular weight excluding hydrogens is 279 g/mol. The lowest BCUT2D eigenvalue weighted by molar-refractivity contribution is -0.137. The summed E-state index contributed by atoms with van der Waals surface area (Å²) in [7, 11) is 0. The SMILES string of the molecule is CC(C)C(C)NC(=O)C1(c2ccc(C(F)(F)F)cc2)CC1. The van der Waals surface area contributed by atoms with Crippen LogP contribution >= 0.6 is 0 Å². The molecule has 1 aromatic carbocycles. The smallest absolute Gasteiger partial charge is 0.353 e. The van der Waals surface area contributed by atoms with Crippen LogP contribution in [0.5, 0.6) is 0 Å². The van der Waals surface area contributed by atoms with Gasteiger partial charge in [-0.25, -0.2) is 0 Å². The summed E-state index contributed by atoms with van der Waals surface area (Å²) in [6, 6.07) is 5.00. The molecule has 1 aliphatic rings. The number of rotatable bonds is 4. The summed E-state index contributed by atoms with van der Waals surface area (Å²) in [4.78, 5) is 12.4. The van der Waals surface area contributed by atoms with Crippen LogP contribution in [0.25, 0.3) is 0 Å². The average molecular weight is 299 g/mol. The van der Waals surface area contributed by atoms with Crippen LogP contribution in [0.15, 0.2) is 24.3 Å². The van der Waals surface area contributed by atoms with Crippen molar-refractivity contribution >= 4 is 5.91 Å². The highest BCUT2D eigenvalue weighted by Crippen LogP contribution is 2.49. The number of carbonyl (C=O) groups excluding carboxylic acids is 1. The maximum atomic E-state index is 12.6. The third-order valence-corrected chi connectivity index (χ3v) is 4.31. The number of amides is 1. The quantitative estimate of drug-likeness (QED) is 0.897. The lowest BCUT2D eigenvalue weighted by Gasteiger charge is -2.22. The van der Waals surface area contributed by atoms with E-state index >= 15 is 0 Å². The first-order valence-electron chi connectivity index (χ1n) is 7.15. The van der Waals surface area contributed by atoms with Gasteiger partial charge in [-0.2, -0.15) is 13.2 Å². The van der Waals surface area contributed by atoms with E-state index in [1.54, 1.807) is 0 Å². The van der Waals surface area contributed by atoms with Crippen molar-refractivity contribution in [1.82, 2.24) is 5.32 Å². The Kier molecular flexibility index (Phi) is 4.04. The maximum Gasteiger partial charge on any atom is 0.416 e. The Morgan fingerprint density at radius 1 is 1.14 bits per heavy atom. The van der Waals surface area contributed by atoms with E-state index in [9.17, 15) is 18.0 Å². The molecule has 0 saturated heterocycles. The topological polar surface area (TPSA) is 29.1 Å². The van der Waals surface area contributed by atoms with Gasteiger partial charge in [-0.15, -0.1) is 0 Å². The molecule has 0 bridgehead atoms. The molecule has 1 saturated carbocycles. The Morgan fingerprint density at radius 3 is 2.05 bits per heavy atom. The van der Waals surface area contributed by atoms with Crippen molar-refractivity contribution in [1.29, 1.82) is 0 Å². The van der Waals surface area contributed by atoms with Gasteiger partial charge >= 0.3 is 6.18 Å². The molecule has 116 valence electrons. The molecule has 21 heavy (non-hydrogen) atoms. The summed E-state index contributed by atoms with van der Waals surface area (Å²) in [5.74, 6) is 0.237. The monoisotopic (exact) mass is 299 g/mol. The van der Waals surface area contributed by atoms with E-state index in [4.69, 9.17) is 0 Å². The minimum atomic E-state index is -4.34. The van der Waals surface area contributed by atoms with Crippen molar-refractivity contribution in [2.45, 2.75) is 51.2 Å². The van der Waals surface area contributed by atoms with Crippen LogP contribution in [0.4, 0.5) is 13.2 Å². The van der Waals surface area contributed by atoms with Gasteiger partial charge in [0.1, 0.15) is 0 Å². The van der Waals surface area contributed by atoms with Crippen molar-refractivity contribution in [2.24, 2.45) is 5.92 Å². The van der Waals surface area contributed by atoms with Gasteiger partial charge in [0.25, 0.3) is 0 Å². The third-order valence-electron chi connectivity index (χ3n) is 4.31. The number of halogens is 3. The van der Waals surface area contributed by atoms with Crippen molar-refractivity contribution < 1.29 is 18.0 Å². The normalized spacial score (nSPS) is 18.4. The van der Waals surface area contributed by atoms with Crippen molar-refractivity contribution in [3.8, 4) is 0 Å². The predicted octanol–water partition coefficient (Wildman–Crippen LogP) is 3.90. The minimum Gasteiger partial charge on any atom is -0.353 e. The largest absolute Gasteiger partial charge is 0.416 e. The summed E-state index contributed by atoms with van der Waals surface area (Å²) in [6.07, 6.45) is -2.96. The highest BCUT2D eigenvalue weighted by molar-refractivity contribution is 5.91. The molecule has 1 atom stereocenters. The number of nitrogens with one attached hydrogen (secondary N) is 1. The zero-order valence-electron chi connectivity index (χ0n) is 12.4. The van der Waals surface area contributed by atoms with Gasteiger partial charge in [0.15, 0.2) is 0 Å². The van der Waals surface area contributed by atoms with Crippen molar-refractivity contribution in [3.63, 3.8) is 0 Å². The maximum absolute atomic E-state index is 12.6. The molecule has 1 aromatic rings. The Morgan fingerprint density at radius 2 is 1.67 bits per heavy atom. The second-order valence-corrected chi connectivity index (χ2v) is 6.16. The van der Waals surface area contributed by atoms with E-state index in [-0.39, 0.29) is 11.9 Å². The van der Waals surface area contributed by atoms with E-state index in [2.05, 4.69) is 5.32 Å². The number of hydrogen-bond donors (Lipinski definition) is 1. The number of hydrogen-bond acceptors (Lipinski definition) is 1. The molecule has 0 aliphatic heterocycles. The Hall–Kier alpha value is -1.52. The number of benzene rings is 1. The van der Waals surface area contributed by atoms with E-state index in [0.29, 0.717) is 24.3 Å². The van der Waals surface area contributed by atoms with E-state index in [1.807, 2.05) is 20.8 Å². The number of carbonyl (C=O) groups is 1. The molecule has 0 spiro atoms. The van der Waals surface area contributed by atoms with E-state index in [0.717, 1.165) is 12.1 Å². The minimum absolute atomic E-state index is 0.0458. The van der Waals surface area contributed by atoms with Crippen molar-refractivity contribution in [2.75, 3.05) is 0 Å². The summed E-state index contributed by atoms with van der Waals surface area (Å²) in [6.45, 7) is 5.97. The molecule has 0 radical (unpaired) electrons. The zero-order valence-corrected chi connectivity index (χ0v) is 12.4. The molecule has 1 unspecified atom stereocenters. The third kappa shape index (κ3) is 3.22. The fourth-order valence-electron chi connectivity index (χ4n) is 2.26. The van der Waals surface area contributed by atoms with Gasteiger partial charge in [0.2, 0.25) is 5.91 Å². The molecular formula is C16H20F3NO. The van der Waals surface area contributed by atoms with E-state index < -0.39 is 17.2 Å². The number of alkyl halides is 3. The summed E-state index contributed by atoms with van der Waals surface area (Å²) in [5.41, 5.74) is -0.644. The second-order valence-electron chi connectivity index (χ2n) is 6.16. The molecule has 5 heteroatoms. The summed E-state index contributed by atoms with van der Waals surface area (Å²) < 4.78 is 37.7. The lowest BCUT2D eigenvalue weighted by atomic mass is 9.93. The molecule has 1 amide bonds. The van der Waals surface area contributed by atoms with Crippen LogP contribution in [-0.4, -0.2) is 11.9 Å². The Balaban J connectivity index is 2.15. The van der Waals surface area contributed by atoms with Gasteiger partial charge in [0, 0.05) is 6.04 Å². The second kappa shape index (κ2) is 5.35. The van der Waals surface area contributed by atoms with Gasteiger partial charge in [-0.05, 0) is 43.4 Å². The molecule has 1 N–H and O–H groups in total. The summed E-state index contributed by atoms with van der Waals surface area (Å²) in [5, 5.41) is 2.96. The molecule has 2 rings (SSSR count). The lowest BCUT2D eigenvalue weighted by Crippen LogP contribution is -2.42. The first kappa shape index (κ1) is 15.9. The van der Waals surface area contributed by atoms with Gasteiger partial charge in [0.05, 0.1) is 11.0 Å². The first-order valence-corrected chi connectivity index (χ1v) is 7.15. The highest BCUT2D eigenvalue weighted by Gasteiger charge is 2.51. The Bertz CT molecular complexity index is 515. The highest BCUT2D eigenvalue weighted by atomic mass is 19.4. The van der Waals surface area contributed by atoms with Crippen LogP contribution in [0.3, 0.4) is 0 Å². The van der Waals surface area contributed by atoms with Crippen molar-refractivity contribution in [3.05, 3.63) is 35.4 Å². The van der Waals surface area contributed by atoms with Crippen LogP contribution in [-0.2, 0) is 16.4 Å². The standard InChI is InChI=1S/C16H20F3NO/c1-10(2)11(3)20-14(21)15(8-9-15)12-4-6-13(7-5-12)16(17,18)19/h4-7,10-11H,8-9H2,1-3H3,(H,20,21). The molecule has 2 nitrogen and oxygen atoms in total. The predicted molar refractivity (Wildman–Crippen MR) is 74.8 cm³/mol. The fraction of sp³-hybridized carbons (Fsp3) is 0.562. The van der Waals surface area contributed by atoms with Gasteiger partial charge in [-0.3, -0.25) is 4.79 Å². The Labute approximate surface area is 122 Å². The van der Waals surface area contributed by atoms with Gasteiger partial charge < -0.3 is 5.32 Å². The zero-order chi connectivity index (χ0) is 15.8. The fourth-order valence-corrected chi connectivity index (χ4v) is 2.26. The van der Waals surface area contributed by atoms with Crippen LogP contribution in [0.2, 0.25) is 0 Å². The summed E-state index contributed by atoms with van der Waals surface area (Å²) >= 11 is 0. The van der Waals surface area contributed by atoms with E-state index in [1.165, 1.54) is 12.1 Å². The molecule has 1 fully saturated rings. The van der Waals surface area contributed by atoms with Crippen LogP contribution < -0.4 is 5.32 Å². The van der Waals surface area contributed by atoms with Gasteiger partial charge in [-0.1, -0.05) is 26.0 Å². The molecule has 0 aromatic heterocycles. The molecule has 1 aliphatic carbocycles. The molecule has 0 heterocycles. The van der Waals surface area contributed by atoms with Crippen LogP contribution in [0, 0.1) is 5.92 Å². The average Bonchev–Trinajstić information content (AvgIpc) is 3.19. The first-order chi connectivity index (χ1) is 9.67. The van der Waals surface area contributed by atoms with Crippen LogP contribution in [0.1, 0.15) is 44.7 Å².